The number of halogens is 1. The highest BCUT2D eigenvalue weighted by molar-refractivity contribution is 7.91. The topological polar surface area (TPSA) is 63.2 Å². The van der Waals surface area contributed by atoms with E-state index in [2.05, 4.69) is 15.3 Å². The van der Waals surface area contributed by atoms with Crippen LogP contribution < -0.4 is 4.90 Å². The van der Waals surface area contributed by atoms with Crippen LogP contribution in [0.2, 0.25) is 5.02 Å². The quantitative estimate of drug-likeness (QED) is 0.679. The van der Waals surface area contributed by atoms with Gasteiger partial charge in [0, 0.05) is 29.1 Å². The zero-order valence-electron chi connectivity index (χ0n) is 13.5. The lowest BCUT2D eigenvalue weighted by atomic mass is 10.1. The number of nitrogens with zero attached hydrogens (tertiary/aromatic N) is 3. The highest BCUT2D eigenvalue weighted by Crippen LogP contribution is 2.38. The molecule has 2 aromatic heterocycles. The van der Waals surface area contributed by atoms with Crippen molar-refractivity contribution in [3.05, 3.63) is 41.0 Å². The maximum absolute atomic E-state index is 11.8. The summed E-state index contributed by atoms with van der Waals surface area (Å²) in [6.45, 7) is 0. The molecule has 25 heavy (non-hydrogen) atoms. The third-order valence-corrected chi connectivity index (χ3v) is 7.48. The van der Waals surface area contributed by atoms with Crippen molar-refractivity contribution in [2.45, 2.75) is 12.5 Å². The van der Waals surface area contributed by atoms with Gasteiger partial charge in [-0.25, -0.2) is 18.4 Å². The minimum Gasteiger partial charge on any atom is -0.355 e. The van der Waals surface area contributed by atoms with Crippen molar-refractivity contribution in [1.82, 2.24) is 9.97 Å². The second-order valence-corrected chi connectivity index (χ2v) is 9.72. The number of hydrogen-bond donors (Lipinski definition) is 0. The molecule has 0 bridgehead atoms. The van der Waals surface area contributed by atoms with E-state index in [4.69, 9.17) is 11.6 Å². The number of anilines is 1. The van der Waals surface area contributed by atoms with Gasteiger partial charge in [-0.2, -0.15) is 0 Å². The van der Waals surface area contributed by atoms with Crippen molar-refractivity contribution in [1.29, 1.82) is 0 Å². The Morgan fingerprint density at radius 3 is 2.68 bits per heavy atom. The Morgan fingerprint density at radius 1 is 1.24 bits per heavy atom. The average molecular weight is 394 g/mol. The number of hydrogen-bond acceptors (Lipinski definition) is 6. The zero-order chi connectivity index (χ0) is 17.6. The monoisotopic (exact) mass is 393 g/mol. The van der Waals surface area contributed by atoms with Gasteiger partial charge in [0.15, 0.2) is 9.84 Å². The van der Waals surface area contributed by atoms with Crippen LogP contribution in [0.1, 0.15) is 6.42 Å². The average Bonchev–Trinajstić information content (AvgIpc) is 3.18. The predicted octanol–water partition coefficient (Wildman–Crippen LogP) is 3.64. The summed E-state index contributed by atoms with van der Waals surface area (Å²) in [4.78, 5) is 11.7. The van der Waals surface area contributed by atoms with Crippen LogP contribution in [-0.2, 0) is 9.84 Å². The molecule has 1 aliphatic heterocycles. The third kappa shape index (κ3) is 3.12. The highest BCUT2D eigenvalue weighted by Gasteiger charge is 2.32. The van der Waals surface area contributed by atoms with Crippen LogP contribution in [0.4, 0.5) is 5.82 Å². The fraction of sp³-hybridized carbons (Fsp3) is 0.294. The molecule has 0 N–H and O–H groups in total. The Balaban J connectivity index is 1.82. The van der Waals surface area contributed by atoms with Crippen LogP contribution in [-0.4, -0.2) is 43.0 Å². The summed E-state index contributed by atoms with van der Waals surface area (Å²) >= 11 is 7.56. The molecule has 4 rings (SSSR count). The first-order chi connectivity index (χ1) is 11.9. The number of rotatable bonds is 3. The standard InChI is InChI=1S/C17H16ClN3O2S2/c1-21(13-6-7-25(22,23)9-13)16-15-14(8-24-17(15)20-10-19-16)11-2-4-12(18)5-3-11/h2-5,8,10,13H,6-7,9H2,1H3/t13-/m1/s1. The first-order valence-electron chi connectivity index (χ1n) is 7.86. The van der Waals surface area contributed by atoms with E-state index in [-0.39, 0.29) is 17.5 Å². The molecule has 1 aromatic carbocycles. The smallest absolute Gasteiger partial charge is 0.152 e. The summed E-state index contributed by atoms with van der Waals surface area (Å²) in [5, 5.41) is 3.71. The van der Waals surface area contributed by atoms with Crippen molar-refractivity contribution in [3.63, 3.8) is 0 Å². The number of sulfone groups is 1. The fourth-order valence-corrected chi connectivity index (χ4v) is 6.03. The van der Waals surface area contributed by atoms with Crippen molar-refractivity contribution in [2.24, 2.45) is 0 Å². The second-order valence-electron chi connectivity index (χ2n) is 6.20. The molecule has 130 valence electrons. The molecule has 3 heterocycles. The minimum absolute atomic E-state index is 0.0546. The Morgan fingerprint density at radius 2 is 2.00 bits per heavy atom. The molecular weight excluding hydrogens is 378 g/mol. The van der Waals surface area contributed by atoms with Crippen molar-refractivity contribution in [3.8, 4) is 11.1 Å². The van der Waals surface area contributed by atoms with E-state index in [1.807, 2.05) is 36.2 Å². The SMILES string of the molecule is CN(c1ncnc2scc(-c3ccc(Cl)cc3)c12)[C@@H]1CCS(=O)(=O)C1. The Labute approximate surface area is 155 Å². The Bertz CT molecular complexity index is 1030. The van der Waals surface area contributed by atoms with Crippen LogP contribution in [0, 0.1) is 0 Å². The molecule has 1 saturated heterocycles. The first-order valence-corrected chi connectivity index (χ1v) is 10.9. The summed E-state index contributed by atoms with van der Waals surface area (Å²) < 4.78 is 23.7. The van der Waals surface area contributed by atoms with Gasteiger partial charge in [0.2, 0.25) is 0 Å². The summed E-state index contributed by atoms with van der Waals surface area (Å²) in [7, 11) is -1.04. The first kappa shape index (κ1) is 16.8. The van der Waals surface area contributed by atoms with Crippen LogP contribution >= 0.6 is 22.9 Å². The molecule has 0 amide bonds. The van der Waals surface area contributed by atoms with Gasteiger partial charge in [0.05, 0.1) is 16.9 Å². The molecule has 1 fully saturated rings. The normalized spacial score (nSPS) is 19.4. The van der Waals surface area contributed by atoms with Crippen molar-refractivity contribution in [2.75, 3.05) is 23.5 Å². The number of thiophene rings is 1. The van der Waals surface area contributed by atoms with Gasteiger partial charge in [-0.1, -0.05) is 23.7 Å². The van der Waals surface area contributed by atoms with Crippen LogP contribution in [0.3, 0.4) is 0 Å². The number of fused-ring (bicyclic) bond motifs is 1. The zero-order valence-corrected chi connectivity index (χ0v) is 15.9. The van der Waals surface area contributed by atoms with Gasteiger partial charge in [-0.15, -0.1) is 11.3 Å². The molecule has 0 spiro atoms. The van der Waals surface area contributed by atoms with E-state index >= 15 is 0 Å². The molecule has 5 nitrogen and oxygen atoms in total. The van der Waals surface area contributed by atoms with Gasteiger partial charge in [0.1, 0.15) is 17.0 Å². The van der Waals surface area contributed by atoms with Crippen molar-refractivity contribution < 1.29 is 8.42 Å². The van der Waals surface area contributed by atoms with E-state index in [0.29, 0.717) is 11.4 Å². The molecule has 3 aromatic rings. The number of benzene rings is 1. The summed E-state index contributed by atoms with van der Waals surface area (Å²) in [6, 6.07) is 7.61. The van der Waals surface area contributed by atoms with E-state index < -0.39 is 9.84 Å². The van der Waals surface area contributed by atoms with E-state index in [1.54, 1.807) is 17.7 Å². The fourth-order valence-electron chi connectivity index (χ4n) is 3.22. The Hall–Kier alpha value is -1.70. The summed E-state index contributed by atoms with van der Waals surface area (Å²) in [5.74, 6) is 1.19. The largest absolute Gasteiger partial charge is 0.355 e. The molecule has 0 saturated carbocycles. The molecule has 1 aliphatic rings. The second kappa shape index (κ2) is 6.23. The maximum Gasteiger partial charge on any atom is 0.152 e. The van der Waals surface area contributed by atoms with Crippen LogP contribution in [0.15, 0.2) is 36.0 Å². The van der Waals surface area contributed by atoms with Gasteiger partial charge in [-0.3, -0.25) is 0 Å². The molecule has 8 heteroatoms. The number of aromatic nitrogens is 2. The molecule has 0 unspecified atom stereocenters. The van der Waals surface area contributed by atoms with E-state index in [0.717, 1.165) is 27.2 Å². The van der Waals surface area contributed by atoms with Gasteiger partial charge in [0.25, 0.3) is 0 Å². The highest BCUT2D eigenvalue weighted by atomic mass is 35.5. The summed E-state index contributed by atoms with van der Waals surface area (Å²) in [6.07, 6.45) is 2.17. The lowest BCUT2D eigenvalue weighted by molar-refractivity contribution is 0.600. The van der Waals surface area contributed by atoms with E-state index in [1.165, 1.54) is 0 Å². The predicted molar refractivity (Wildman–Crippen MR) is 103 cm³/mol. The third-order valence-electron chi connectivity index (χ3n) is 4.60. The molecule has 0 radical (unpaired) electrons. The van der Waals surface area contributed by atoms with Gasteiger partial charge in [-0.05, 0) is 24.1 Å². The minimum atomic E-state index is -2.95. The van der Waals surface area contributed by atoms with E-state index in [9.17, 15) is 8.42 Å². The summed E-state index contributed by atoms with van der Waals surface area (Å²) in [5.41, 5.74) is 2.08. The maximum atomic E-state index is 11.8. The molecular formula is C17H16ClN3O2S2. The lowest BCUT2D eigenvalue weighted by Crippen LogP contribution is -2.33. The van der Waals surface area contributed by atoms with Crippen LogP contribution in [0.25, 0.3) is 21.3 Å². The molecule has 0 aliphatic carbocycles. The molecule has 1 atom stereocenters. The van der Waals surface area contributed by atoms with Crippen molar-refractivity contribution >= 4 is 48.8 Å². The lowest BCUT2D eigenvalue weighted by Gasteiger charge is -2.25. The van der Waals surface area contributed by atoms with Gasteiger partial charge >= 0.3 is 0 Å². The van der Waals surface area contributed by atoms with Crippen LogP contribution in [0.5, 0.6) is 0 Å². The van der Waals surface area contributed by atoms with Gasteiger partial charge < -0.3 is 4.90 Å². The Kier molecular flexibility index (Phi) is 4.17.